The number of aliphatic imine (C=N–C) groups is 1. The zero-order valence-corrected chi connectivity index (χ0v) is 22.9. The summed E-state index contributed by atoms with van der Waals surface area (Å²) < 4.78 is 44.9. The quantitative estimate of drug-likeness (QED) is 0.302. The summed E-state index contributed by atoms with van der Waals surface area (Å²) in [4.78, 5) is 7.07. The second kappa shape index (κ2) is 11.2. The minimum absolute atomic E-state index is 0.0981. The first-order valence-corrected chi connectivity index (χ1v) is 14.4. The van der Waals surface area contributed by atoms with Gasteiger partial charge in [-0.15, -0.1) is 0 Å². The van der Waals surface area contributed by atoms with Crippen molar-refractivity contribution in [2.24, 2.45) is 12.0 Å². The molecule has 206 valence electrons. The van der Waals surface area contributed by atoms with Crippen molar-refractivity contribution in [1.29, 1.82) is 0 Å². The lowest BCUT2D eigenvalue weighted by molar-refractivity contribution is 0.200. The predicted molar refractivity (Wildman–Crippen MR) is 152 cm³/mol. The number of likely N-dealkylation sites (tertiary alicyclic amines) is 1. The SMILES string of the molecule is Cc1cc(NC2(Nc3ccc(S(=O)(=O)NC4CCN(Cc5ccn(C)c5)CC4)cc3)N=CC=CN2)ccc1F. The Hall–Kier alpha value is -3.67. The van der Waals surface area contributed by atoms with Crippen LogP contribution in [0, 0.1) is 12.7 Å². The van der Waals surface area contributed by atoms with Crippen LogP contribution in [0.15, 0.2) is 83.1 Å². The van der Waals surface area contributed by atoms with Gasteiger partial charge in [-0.05, 0) is 85.5 Å². The molecule has 0 radical (unpaired) electrons. The Morgan fingerprint density at radius 3 is 2.44 bits per heavy atom. The van der Waals surface area contributed by atoms with Crippen LogP contribution in [0.4, 0.5) is 15.8 Å². The highest BCUT2D eigenvalue weighted by Crippen LogP contribution is 2.24. The first-order valence-electron chi connectivity index (χ1n) is 13.0. The van der Waals surface area contributed by atoms with E-state index in [2.05, 4.69) is 42.8 Å². The lowest BCUT2D eigenvalue weighted by Crippen LogP contribution is -2.55. The largest absolute Gasteiger partial charge is 0.357 e. The molecule has 1 unspecified atom stereocenters. The fraction of sp³-hybridized carbons (Fsp3) is 0.321. The summed E-state index contributed by atoms with van der Waals surface area (Å²) in [6.07, 6.45) is 10.8. The molecule has 3 heterocycles. The number of aromatic nitrogens is 1. The van der Waals surface area contributed by atoms with E-state index in [-0.39, 0.29) is 16.8 Å². The number of benzene rings is 2. The molecule has 1 atom stereocenters. The Bertz CT molecular complexity index is 1460. The fourth-order valence-electron chi connectivity index (χ4n) is 4.84. The number of nitrogens with one attached hydrogen (secondary N) is 4. The van der Waals surface area contributed by atoms with Crippen molar-refractivity contribution in [1.82, 2.24) is 19.5 Å². The average molecular weight is 552 g/mol. The molecule has 9 nitrogen and oxygen atoms in total. The van der Waals surface area contributed by atoms with Gasteiger partial charge in [0.05, 0.1) is 4.90 Å². The monoisotopic (exact) mass is 551 g/mol. The number of halogens is 1. The normalized spacial score (nSPS) is 20.1. The van der Waals surface area contributed by atoms with Gasteiger partial charge in [0.15, 0.2) is 0 Å². The summed E-state index contributed by atoms with van der Waals surface area (Å²) in [6.45, 7) is 4.26. The van der Waals surface area contributed by atoms with Gasteiger partial charge < -0.3 is 20.5 Å². The Kier molecular flexibility index (Phi) is 7.74. The van der Waals surface area contributed by atoms with Crippen LogP contribution in [-0.4, -0.2) is 49.1 Å². The van der Waals surface area contributed by atoms with Crippen molar-refractivity contribution in [2.75, 3.05) is 23.7 Å². The molecule has 39 heavy (non-hydrogen) atoms. The van der Waals surface area contributed by atoms with Gasteiger partial charge in [-0.3, -0.25) is 4.90 Å². The second-order valence-corrected chi connectivity index (χ2v) is 11.8. The molecule has 0 aliphatic carbocycles. The molecule has 0 spiro atoms. The number of piperidine rings is 1. The van der Waals surface area contributed by atoms with Crippen LogP contribution in [0.3, 0.4) is 0 Å². The maximum absolute atomic E-state index is 13.7. The Morgan fingerprint density at radius 2 is 1.79 bits per heavy atom. The summed E-state index contributed by atoms with van der Waals surface area (Å²) in [6, 6.07) is 13.3. The van der Waals surface area contributed by atoms with Gasteiger partial charge in [0.1, 0.15) is 5.82 Å². The van der Waals surface area contributed by atoms with Crippen LogP contribution in [0.2, 0.25) is 0 Å². The fourth-order valence-corrected chi connectivity index (χ4v) is 6.14. The molecule has 3 aromatic rings. The van der Waals surface area contributed by atoms with Gasteiger partial charge in [-0.2, -0.15) is 0 Å². The molecule has 0 saturated carbocycles. The second-order valence-electron chi connectivity index (χ2n) is 10.1. The molecule has 2 aliphatic heterocycles. The van der Waals surface area contributed by atoms with Crippen molar-refractivity contribution in [3.8, 4) is 0 Å². The number of hydrogen-bond donors (Lipinski definition) is 4. The van der Waals surface area contributed by atoms with Gasteiger partial charge >= 0.3 is 0 Å². The maximum atomic E-state index is 13.7. The van der Waals surface area contributed by atoms with Crippen LogP contribution in [0.5, 0.6) is 0 Å². The van der Waals surface area contributed by atoms with Crippen molar-refractivity contribution in [3.05, 3.63) is 90.1 Å². The molecule has 1 aromatic heterocycles. The number of aryl methyl sites for hydroxylation is 2. The van der Waals surface area contributed by atoms with E-state index in [1.165, 1.54) is 11.6 Å². The Balaban J connectivity index is 1.20. The lowest BCUT2D eigenvalue weighted by atomic mass is 10.1. The van der Waals surface area contributed by atoms with E-state index in [1.54, 1.807) is 61.8 Å². The highest BCUT2D eigenvalue weighted by molar-refractivity contribution is 7.89. The van der Waals surface area contributed by atoms with E-state index in [4.69, 9.17) is 0 Å². The lowest BCUT2D eigenvalue weighted by Gasteiger charge is -2.35. The third-order valence-corrected chi connectivity index (χ3v) is 8.46. The van der Waals surface area contributed by atoms with Crippen molar-refractivity contribution in [3.63, 3.8) is 0 Å². The molecular weight excluding hydrogens is 517 g/mol. The highest BCUT2D eigenvalue weighted by Gasteiger charge is 2.29. The minimum Gasteiger partial charge on any atom is -0.357 e. The molecule has 2 aromatic carbocycles. The first kappa shape index (κ1) is 26.9. The third-order valence-electron chi connectivity index (χ3n) is 6.92. The number of rotatable bonds is 9. The van der Waals surface area contributed by atoms with Crippen LogP contribution in [0.25, 0.3) is 0 Å². The predicted octanol–water partition coefficient (Wildman–Crippen LogP) is 3.74. The van der Waals surface area contributed by atoms with Crippen LogP contribution in [-0.2, 0) is 23.6 Å². The zero-order valence-electron chi connectivity index (χ0n) is 22.1. The van der Waals surface area contributed by atoms with Crippen molar-refractivity contribution >= 4 is 27.6 Å². The Morgan fingerprint density at radius 1 is 1.08 bits per heavy atom. The van der Waals surface area contributed by atoms with E-state index < -0.39 is 15.9 Å². The van der Waals surface area contributed by atoms with Gasteiger partial charge in [-0.1, -0.05) is 0 Å². The molecule has 1 fully saturated rings. The summed E-state index contributed by atoms with van der Waals surface area (Å²) >= 11 is 0. The summed E-state index contributed by atoms with van der Waals surface area (Å²) in [7, 11) is -1.65. The standard InChI is InChI=1S/C28H34FN7O2S/c1-21-18-25(6-9-27(21)29)33-28(30-13-3-14-31-28)32-23-4-7-26(8-5-23)39(37,38)34-24-11-16-36(17-12-24)20-22-10-15-35(2)19-22/h3-10,13-15,18-19,24,30,32-34H,11-12,16-17,20H2,1-2H3. The summed E-state index contributed by atoms with van der Waals surface area (Å²) in [5.41, 5.74) is 3.09. The summed E-state index contributed by atoms with van der Waals surface area (Å²) in [5, 5.41) is 9.68. The summed E-state index contributed by atoms with van der Waals surface area (Å²) in [5.74, 6) is -1.42. The molecule has 11 heteroatoms. The number of nitrogens with zero attached hydrogens (tertiary/aromatic N) is 3. The molecule has 4 N–H and O–H groups in total. The molecule has 0 amide bonds. The van der Waals surface area contributed by atoms with Gasteiger partial charge in [-0.25, -0.2) is 22.5 Å². The molecular formula is C28H34FN7O2S. The van der Waals surface area contributed by atoms with Crippen LogP contribution < -0.4 is 20.7 Å². The van der Waals surface area contributed by atoms with Crippen LogP contribution >= 0.6 is 0 Å². The van der Waals surface area contributed by atoms with Gasteiger partial charge in [0, 0.05) is 68.9 Å². The molecule has 1 saturated heterocycles. The first-order chi connectivity index (χ1) is 18.7. The van der Waals surface area contributed by atoms with Gasteiger partial charge in [0.25, 0.3) is 5.91 Å². The maximum Gasteiger partial charge on any atom is 0.287 e. The van der Waals surface area contributed by atoms with Gasteiger partial charge in [0.2, 0.25) is 10.0 Å². The number of sulfonamides is 1. The third kappa shape index (κ3) is 6.67. The minimum atomic E-state index is -3.66. The molecule has 0 bridgehead atoms. The Labute approximate surface area is 228 Å². The van der Waals surface area contributed by atoms with Crippen molar-refractivity contribution < 1.29 is 12.8 Å². The number of allylic oxidation sites excluding steroid dienone is 1. The topological polar surface area (TPSA) is 103 Å². The molecule has 5 rings (SSSR count). The van der Waals surface area contributed by atoms with E-state index in [9.17, 15) is 12.8 Å². The van der Waals surface area contributed by atoms with Crippen LogP contribution in [0.1, 0.15) is 24.0 Å². The van der Waals surface area contributed by atoms with E-state index >= 15 is 0 Å². The smallest absolute Gasteiger partial charge is 0.287 e. The molecule has 2 aliphatic rings. The average Bonchev–Trinajstić information content (AvgIpc) is 3.32. The number of anilines is 2. The zero-order chi connectivity index (χ0) is 27.5. The van der Waals surface area contributed by atoms with Crippen molar-refractivity contribution in [2.45, 2.75) is 43.2 Å². The van der Waals surface area contributed by atoms with E-state index in [1.807, 2.05) is 17.8 Å². The highest BCUT2D eigenvalue weighted by atomic mass is 32.2. The number of hydrogen-bond acceptors (Lipinski definition) is 7. The van der Waals surface area contributed by atoms with E-state index in [0.29, 0.717) is 16.9 Å². The van der Waals surface area contributed by atoms with E-state index in [0.717, 1.165) is 32.5 Å².